The molecular weight excluding hydrogens is 512 g/mol. The molecule has 0 aromatic heterocycles. The van der Waals surface area contributed by atoms with E-state index in [0.717, 1.165) is 29.7 Å². The van der Waals surface area contributed by atoms with Crippen molar-refractivity contribution in [2.75, 3.05) is 19.6 Å². The second-order valence-electron chi connectivity index (χ2n) is 9.28. The number of aliphatic carboxylic acids is 1. The fourth-order valence-corrected chi connectivity index (χ4v) is 6.04. The Morgan fingerprint density at radius 1 is 1.03 bits per heavy atom. The maximum atomic E-state index is 13.1. The van der Waals surface area contributed by atoms with Gasteiger partial charge >= 0.3 is 5.97 Å². The van der Waals surface area contributed by atoms with E-state index in [1.165, 1.54) is 0 Å². The Morgan fingerprint density at radius 3 is 2.30 bits per heavy atom. The van der Waals surface area contributed by atoms with Crippen LogP contribution in [0.4, 0.5) is 0 Å². The predicted octanol–water partition coefficient (Wildman–Crippen LogP) is 4.09. The van der Waals surface area contributed by atoms with Crippen LogP contribution in [0, 0.1) is 0 Å². The standard InChI is InChI=1S/C28H31ClN2O5S/c29-23-4-1-3-22(17-23)27(32)18-30-15-14-20-6-10-24(11-7-20)37(35,36)25-12-8-21(9-13-25)19-31-16-2-5-26(31)28(33)34/h1,3-4,6-13,17,26-27,30,32H,2,5,14-16,18-19H2,(H,33,34)/t26-,27+/m0/s1. The Labute approximate surface area is 222 Å². The number of carboxylic acids is 1. The van der Waals surface area contributed by atoms with Crippen LogP contribution in [0.5, 0.6) is 0 Å². The summed E-state index contributed by atoms with van der Waals surface area (Å²) in [6.07, 6.45) is 1.51. The SMILES string of the molecule is O=C(O)[C@@H]1CCCN1Cc1ccc(S(=O)(=O)c2ccc(CCNC[C@@H](O)c3cccc(Cl)c3)cc2)cc1. The van der Waals surface area contributed by atoms with E-state index < -0.39 is 28.0 Å². The largest absolute Gasteiger partial charge is 0.480 e. The Morgan fingerprint density at radius 2 is 1.68 bits per heavy atom. The summed E-state index contributed by atoms with van der Waals surface area (Å²) in [6, 6.07) is 20.1. The van der Waals surface area contributed by atoms with Crippen LogP contribution in [0.2, 0.25) is 5.02 Å². The number of halogens is 1. The van der Waals surface area contributed by atoms with Gasteiger partial charge in [0.05, 0.1) is 15.9 Å². The Balaban J connectivity index is 1.30. The number of likely N-dealkylation sites (tertiary alicyclic amines) is 1. The summed E-state index contributed by atoms with van der Waals surface area (Å²) in [5.41, 5.74) is 2.62. The van der Waals surface area contributed by atoms with Crippen molar-refractivity contribution in [1.82, 2.24) is 10.2 Å². The van der Waals surface area contributed by atoms with Crippen molar-refractivity contribution in [3.05, 3.63) is 94.5 Å². The molecule has 9 heteroatoms. The van der Waals surface area contributed by atoms with Crippen LogP contribution in [0.1, 0.15) is 35.6 Å². The summed E-state index contributed by atoms with van der Waals surface area (Å²) in [4.78, 5) is 13.7. The van der Waals surface area contributed by atoms with Gasteiger partial charge in [-0.3, -0.25) is 9.69 Å². The van der Waals surface area contributed by atoms with E-state index in [2.05, 4.69) is 5.32 Å². The second kappa shape index (κ2) is 12.2. The van der Waals surface area contributed by atoms with Gasteiger partial charge in [0.15, 0.2) is 0 Å². The van der Waals surface area contributed by atoms with Gasteiger partial charge in [-0.05, 0) is 85.4 Å². The highest BCUT2D eigenvalue weighted by Gasteiger charge is 2.30. The molecule has 0 aliphatic carbocycles. The van der Waals surface area contributed by atoms with E-state index in [0.29, 0.717) is 37.5 Å². The third-order valence-electron chi connectivity index (χ3n) is 6.66. The molecular formula is C28H31ClN2O5S. The van der Waals surface area contributed by atoms with Crippen LogP contribution in [0.15, 0.2) is 82.6 Å². The van der Waals surface area contributed by atoms with Gasteiger partial charge in [0.2, 0.25) is 9.84 Å². The number of aliphatic hydroxyl groups is 1. The number of benzene rings is 3. The fourth-order valence-electron chi connectivity index (χ4n) is 4.58. The highest BCUT2D eigenvalue weighted by Crippen LogP contribution is 2.24. The van der Waals surface area contributed by atoms with Gasteiger partial charge in [0.25, 0.3) is 0 Å². The molecule has 0 unspecified atom stereocenters. The first-order valence-corrected chi connectivity index (χ1v) is 14.1. The predicted molar refractivity (Wildman–Crippen MR) is 142 cm³/mol. The first-order chi connectivity index (χ1) is 17.7. The van der Waals surface area contributed by atoms with Crippen LogP contribution in [-0.2, 0) is 27.6 Å². The second-order valence-corrected chi connectivity index (χ2v) is 11.7. The number of aliphatic hydroxyl groups excluding tert-OH is 1. The molecule has 1 aliphatic rings. The van der Waals surface area contributed by atoms with Crippen LogP contribution >= 0.6 is 11.6 Å². The molecule has 1 fully saturated rings. The van der Waals surface area contributed by atoms with Crippen molar-refractivity contribution < 1.29 is 23.4 Å². The summed E-state index contributed by atoms with van der Waals surface area (Å²) in [5.74, 6) is -0.814. The third-order valence-corrected chi connectivity index (χ3v) is 8.68. The average molecular weight is 543 g/mol. The van der Waals surface area contributed by atoms with Crippen molar-refractivity contribution in [1.29, 1.82) is 0 Å². The minimum atomic E-state index is -3.66. The lowest BCUT2D eigenvalue weighted by Gasteiger charge is -2.21. The van der Waals surface area contributed by atoms with Crippen molar-refractivity contribution >= 4 is 27.4 Å². The molecule has 1 aliphatic heterocycles. The lowest BCUT2D eigenvalue weighted by Crippen LogP contribution is -2.35. The van der Waals surface area contributed by atoms with E-state index >= 15 is 0 Å². The average Bonchev–Trinajstić information content (AvgIpc) is 3.35. The molecule has 0 amide bonds. The number of rotatable bonds is 11. The molecule has 4 rings (SSSR count). The molecule has 3 aromatic carbocycles. The number of sulfone groups is 1. The first-order valence-electron chi connectivity index (χ1n) is 12.3. The minimum absolute atomic E-state index is 0.205. The number of hydrogen-bond donors (Lipinski definition) is 3. The molecule has 3 N–H and O–H groups in total. The minimum Gasteiger partial charge on any atom is -0.480 e. The normalized spacial score (nSPS) is 17.1. The lowest BCUT2D eigenvalue weighted by atomic mass is 10.1. The third kappa shape index (κ3) is 6.97. The number of nitrogens with zero attached hydrogens (tertiary/aromatic N) is 1. The van der Waals surface area contributed by atoms with Crippen LogP contribution in [0.3, 0.4) is 0 Å². The van der Waals surface area contributed by atoms with Gasteiger partial charge in [0.1, 0.15) is 6.04 Å². The number of nitrogens with one attached hydrogen (secondary N) is 1. The molecule has 1 saturated heterocycles. The van der Waals surface area contributed by atoms with Crippen molar-refractivity contribution in [2.24, 2.45) is 0 Å². The van der Waals surface area contributed by atoms with Crippen LogP contribution < -0.4 is 5.32 Å². The quantitative estimate of drug-likeness (QED) is 0.313. The smallest absolute Gasteiger partial charge is 0.320 e. The van der Waals surface area contributed by atoms with Gasteiger partial charge in [0, 0.05) is 18.1 Å². The van der Waals surface area contributed by atoms with E-state index in [9.17, 15) is 23.4 Å². The summed E-state index contributed by atoms with van der Waals surface area (Å²) >= 11 is 5.97. The Hall–Kier alpha value is -2.75. The Bertz CT molecular complexity index is 1310. The summed E-state index contributed by atoms with van der Waals surface area (Å²) in [7, 11) is -3.66. The number of carbonyl (C=O) groups is 1. The molecule has 7 nitrogen and oxygen atoms in total. The van der Waals surface area contributed by atoms with Crippen molar-refractivity contribution in [3.63, 3.8) is 0 Å². The van der Waals surface area contributed by atoms with E-state index in [4.69, 9.17) is 11.6 Å². The van der Waals surface area contributed by atoms with Crippen LogP contribution in [0.25, 0.3) is 0 Å². The van der Waals surface area contributed by atoms with E-state index in [1.807, 2.05) is 11.0 Å². The molecule has 3 aromatic rings. The van der Waals surface area contributed by atoms with Crippen molar-refractivity contribution in [3.8, 4) is 0 Å². The first kappa shape index (κ1) is 27.3. The van der Waals surface area contributed by atoms with Crippen molar-refractivity contribution in [2.45, 2.75) is 47.7 Å². The molecule has 0 bridgehead atoms. The molecule has 1 heterocycles. The molecule has 0 radical (unpaired) electrons. The summed E-state index contributed by atoms with van der Waals surface area (Å²) in [6.45, 7) is 2.22. The zero-order valence-corrected chi connectivity index (χ0v) is 22.0. The lowest BCUT2D eigenvalue weighted by molar-refractivity contribution is -0.142. The molecule has 2 atom stereocenters. The Kier molecular flexibility index (Phi) is 9.00. The zero-order chi connectivity index (χ0) is 26.4. The summed E-state index contributed by atoms with van der Waals surface area (Å²) in [5, 5.41) is 23.4. The highest BCUT2D eigenvalue weighted by atomic mass is 35.5. The van der Waals surface area contributed by atoms with Gasteiger partial charge in [-0.2, -0.15) is 0 Å². The molecule has 0 spiro atoms. The fraction of sp³-hybridized carbons (Fsp3) is 0.321. The molecule has 37 heavy (non-hydrogen) atoms. The maximum absolute atomic E-state index is 13.1. The highest BCUT2D eigenvalue weighted by molar-refractivity contribution is 7.91. The number of hydrogen-bond acceptors (Lipinski definition) is 6. The van der Waals surface area contributed by atoms with Gasteiger partial charge < -0.3 is 15.5 Å². The van der Waals surface area contributed by atoms with Gasteiger partial charge in [-0.15, -0.1) is 0 Å². The van der Waals surface area contributed by atoms with Gasteiger partial charge in [-0.1, -0.05) is 48.0 Å². The van der Waals surface area contributed by atoms with Gasteiger partial charge in [-0.25, -0.2) is 8.42 Å². The summed E-state index contributed by atoms with van der Waals surface area (Å²) < 4.78 is 26.2. The topological polar surface area (TPSA) is 107 Å². The maximum Gasteiger partial charge on any atom is 0.320 e. The monoisotopic (exact) mass is 542 g/mol. The van der Waals surface area contributed by atoms with Crippen LogP contribution in [-0.4, -0.2) is 55.2 Å². The number of carboxylic acid groups (broad SMARTS) is 1. The van der Waals surface area contributed by atoms with E-state index in [-0.39, 0.29) is 9.79 Å². The molecule has 0 saturated carbocycles. The molecule has 196 valence electrons. The zero-order valence-electron chi connectivity index (χ0n) is 20.4. The van der Waals surface area contributed by atoms with E-state index in [1.54, 1.807) is 66.7 Å².